The lowest BCUT2D eigenvalue weighted by Crippen LogP contribution is -1.95. The Morgan fingerprint density at radius 1 is 1.44 bits per heavy atom. The van der Waals surface area contributed by atoms with Gasteiger partial charge >= 0.3 is 0 Å². The Hall–Kier alpha value is 0.0200. The Bertz CT molecular complexity index is 76.6. The van der Waals surface area contributed by atoms with E-state index in [9.17, 15) is 4.57 Å². The van der Waals surface area contributed by atoms with E-state index in [0.29, 0.717) is 12.8 Å². The van der Waals surface area contributed by atoms with Crippen molar-refractivity contribution in [3.8, 4) is 0 Å². The summed E-state index contributed by atoms with van der Waals surface area (Å²) < 4.78 is 9.88. The van der Waals surface area contributed by atoms with E-state index in [1.807, 2.05) is 0 Å². The molecular weight excluding hydrogens is 139 g/mol. The van der Waals surface area contributed by atoms with Gasteiger partial charge in [-0.15, -0.1) is 0 Å². The Labute approximate surface area is 55.9 Å². The first kappa shape index (κ1) is 9.02. The van der Waals surface area contributed by atoms with Gasteiger partial charge in [-0.3, -0.25) is 4.57 Å². The number of rotatable bonds is 5. The van der Waals surface area contributed by atoms with Crippen LogP contribution in [0.25, 0.3) is 0 Å². The highest BCUT2D eigenvalue weighted by Crippen LogP contribution is 2.09. The molecule has 3 nitrogen and oxygen atoms in total. The zero-order valence-electron chi connectivity index (χ0n) is 5.16. The number of aliphatic hydroxyl groups excluding tert-OH is 2. The first-order valence-electron chi connectivity index (χ1n) is 2.92. The van der Waals surface area contributed by atoms with Crippen LogP contribution in [0.2, 0.25) is 0 Å². The summed E-state index contributed by atoms with van der Waals surface area (Å²) in [4.78, 5) is 0. The third-order valence-electron chi connectivity index (χ3n) is 0.992. The average molecular weight is 150 g/mol. The van der Waals surface area contributed by atoms with E-state index in [1.54, 1.807) is 0 Å². The van der Waals surface area contributed by atoms with Gasteiger partial charge in [0.25, 0.3) is 0 Å². The zero-order valence-corrected chi connectivity index (χ0v) is 6.05. The van der Waals surface area contributed by atoms with Gasteiger partial charge in [-0.25, -0.2) is 0 Å². The van der Waals surface area contributed by atoms with Crippen LogP contribution in [0.1, 0.15) is 19.3 Å². The minimum absolute atomic E-state index is 0.141. The molecule has 1 atom stereocenters. The van der Waals surface area contributed by atoms with Crippen molar-refractivity contribution in [3.05, 3.63) is 0 Å². The van der Waals surface area contributed by atoms with E-state index in [1.165, 1.54) is 0 Å². The van der Waals surface area contributed by atoms with Crippen LogP contribution in [0.4, 0.5) is 0 Å². The van der Waals surface area contributed by atoms with Gasteiger partial charge in [0.2, 0.25) is 0 Å². The molecule has 0 aromatic rings. The van der Waals surface area contributed by atoms with Crippen molar-refractivity contribution in [1.82, 2.24) is 0 Å². The van der Waals surface area contributed by atoms with Crippen molar-refractivity contribution in [2.75, 3.05) is 6.61 Å². The molecule has 1 unspecified atom stereocenters. The Morgan fingerprint density at radius 3 is 2.56 bits per heavy atom. The maximum Gasteiger partial charge on any atom is 0.187 e. The van der Waals surface area contributed by atoms with Crippen molar-refractivity contribution in [2.24, 2.45) is 0 Å². The predicted octanol–water partition coefficient (Wildman–Crippen LogP) is 0.759. The third-order valence-corrected chi connectivity index (χ3v) is 1.49. The minimum Gasteiger partial charge on any atom is -0.396 e. The van der Waals surface area contributed by atoms with Gasteiger partial charge in [-0.05, 0) is 19.3 Å². The highest BCUT2D eigenvalue weighted by atomic mass is 31.1. The smallest absolute Gasteiger partial charge is 0.187 e. The summed E-state index contributed by atoms with van der Waals surface area (Å²) in [6.07, 6.45) is 1.91. The molecule has 0 aliphatic carbocycles. The fraction of sp³-hybridized carbons (Fsp3) is 1.00. The van der Waals surface area contributed by atoms with Crippen molar-refractivity contribution >= 4 is 8.46 Å². The van der Waals surface area contributed by atoms with Gasteiger partial charge in [-0.2, -0.15) is 0 Å². The number of aliphatic hydroxyl groups is 2. The largest absolute Gasteiger partial charge is 0.396 e. The topological polar surface area (TPSA) is 57.5 Å². The predicted molar refractivity (Wildman–Crippen MR) is 34.6 cm³/mol. The standard InChI is InChI=1S/C5H11O3P/c6-4-2-1-3-5(7)9-8/h5-7H,1-4H2. The van der Waals surface area contributed by atoms with Crippen LogP contribution in [0, 0.1) is 0 Å². The molecule has 0 heterocycles. The van der Waals surface area contributed by atoms with E-state index in [-0.39, 0.29) is 15.1 Å². The Kier molecular flexibility index (Phi) is 6.16. The lowest BCUT2D eigenvalue weighted by Gasteiger charge is -1.97. The number of hydrogen-bond donors (Lipinski definition) is 2. The summed E-state index contributed by atoms with van der Waals surface area (Å²) in [5, 5.41) is 17.0. The quantitative estimate of drug-likeness (QED) is 0.449. The van der Waals surface area contributed by atoms with Crippen LogP contribution in [-0.2, 0) is 4.57 Å². The van der Waals surface area contributed by atoms with E-state index < -0.39 is 5.85 Å². The van der Waals surface area contributed by atoms with Crippen LogP contribution in [0.3, 0.4) is 0 Å². The fourth-order valence-electron chi connectivity index (χ4n) is 0.491. The van der Waals surface area contributed by atoms with E-state index in [2.05, 4.69) is 0 Å². The zero-order chi connectivity index (χ0) is 7.11. The fourth-order valence-corrected chi connectivity index (χ4v) is 0.779. The summed E-state index contributed by atoms with van der Waals surface area (Å²) in [6.45, 7) is 0.141. The maximum atomic E-state index is 9.88. The van der Waals surface area contributed by atoms with Crippen molar-refractivity contribution in [2.45, 2.75) is 25.1 Å². The average Bonchev–Trinajstić information content (AvgIpc) is 1.89. The van der Waals surface area contributed by atoms with Gasteiger partial charge < -0.3 is 10.2 Å². The van der Waals surface area contributed by atoms with Gasteiger partial charge in [0.15, 0.2) is 8.46 Å². The Balaban J connectivity index is 2.96. The number of unbranched alkanes of at least 4 members (excludes halogenated alkanes) is 1. The molecule has 0 aromatic carbocycles. The van der Waals surface area contributed by atoms with E-state index in [4.69, 9.17) is 10.2 Å². The lowest BCUT2D eigenvalue weighted by atomic mass is 10.2. The van der Waals surface area contributed by atoms with Gasteiger partial charge in [0, 0.05) is 6.61 Å². The van der Waals surface area contributed by atoms with Gasteiger partial charge in [0.05, 0.1) is 0 Å². The van der Waals surface area contributed by atoms with Gasteiger partial charge in [0.1, 0.15) is 5.85 Å². The summed E-state index contributed by atoms with van der Waals surface area (Å²) in [5.74, 6) is -0.739. The van der Waals surface area contributed by atoms with Crippen LogP contribution in [0.5, 0.6) is 0 Å². The highest BCUT2D eigenvalue weighted by Gasteiger charge is 2.00. The SMILES string of the molecule is O=PC(O)CCCCO. The molecule has 0 amide bonds. The first-order valence-corrected chi connectivity index (χ1v) is 3.80. The molecule has 0 saturated carbocycles. The second-order valence-electron chi connectivity index (χ2n) is 1.81. The number of hydrogen-bond acceptors (Lipinski definition) is 3. The molecule has 0 radical (unpaired) electrons. The third kappa shape index (κ3) is 5.90. The lowest BCUT2D eigenvalue weighted by molar-refractivity contribution is 0.228. The second-order valence-corrected chi connectivity index (χ2v) is 2.61. The molecule has 4 heteroatoms. The monoisotopic (exact) mass is 150 g/mol. The summed E-state index contributed by atoms with van der Waals surface area (Å²) >= 11 is 0. The second kappa shape index (κ2) is 6.14. The highest BCUT2D eigenvalue weighted by molar-refractivity contribution is 7.24. The van der Waals surface area contributed by atoms with E-state index >= 15 is 0 Å². The molecule has 0 rings (SSSR count). The molecular formula is C5H11O3P. The van der Waals surface area contributed by atoms with Crippen LogP contribution in [0.15, 0.2) is 0 Å². The maximum absolute atomic E-state index is 9.88. The van der Waals surface area contributed by atoms with Crippen molar-refractivity contribution in [1.29, 1.82) is 0 Å². The summed E-state index contributed by atoms with van der Waals surface area (Å²) in [5.41, 5.74) is 0. The molecule has 0 saturated heterocycles. The van der Waals surface area contributed by atoms with Crippen molar-refractivity contribution in [3.63, 3.8) is 0 Å². The van der Waals surface area contributed by atoms with Crippen LogP contribution < -0.4 is 0 Å². The molecule has 54 valence electrons. The molecule has 9 heavy (non-hydrogen) atoms. The minimum atomic E-state index is -0.739. The van der Waals surface area contributed by atoms with Crippen molar-refractivity contribution < 1.29 is 14.8 Å². The molecule has 0 spiro atoms. The summed E-state index contributed by atoms with van der Waals surface area (Å²) in [7, 11) is -0.217. The normalized spacial score (nSPS) is 14.0. The Morgan fingerprint density at radius 2 is 2.11 bits per heavy atom. The first-order chi connectivity index (χ1) is 4.31. The summed E-state index contributed by atoms with van der Waals surface area (Å²) in [6, 6.07) is 0. The molecule has 0 fully saturated rings. The van der Waals surface area contributed by atoms with Gasteiger partial charge in [-0.1, -0.05) is 0 Å². The molecule has 0 aliphatic heterocycles. The molecule has 0 aromatic heterocycles. The van der Waals surface area contributed by atoms with Crippen LogP contribution >= 0.6 is 8.46 Å². The molecule has 0 aliphatic rings. The molecule has 2 N–H and O–H groups in total. The molecule has 0 bridgehead atoms. The van der Waals surface area contributed by atoms with E-state index in [0.717, 1.165) is 6.42 Å². The van der Waals surface area contributed by atoms with Crippen LogP contribution in [-0.4, -0.2) is 22.7 Å².